The van der Waals surface area contributed by atoms with Crippen LogP contribution < -0.4 is 5.32 Å². The van der Waals surface area contributed by atoms with Crippen molar-refractivity contribution in [3.05, 3.63) is 71.1 Å². The number of benzene rings is 1. The van der Waals surface area contributed by atoms with E-state index >= 15 is 0 Å². The smallest absolute Gasteiger partial charge is 0.271 e. The number of rotatable bonds is 5. The van der Waals surface area contributed by atoms with Crippen LogP contribution in [-0.4, -0.2) is 32.9 Å². The fourth-order valence-electron chi connectivity index (χ4n) is 5.42. The van der Waals surface area contributed by atoms with Crippen molar-refractivity contribution in [2.24, 2.45) is 0 Å². The van der Waals surface area contributed by atoms with Gasteiger partial charge in [0.2, 0.25) is 5.91 Å². The van der Waals surface area contributed by atoms with Gasteiger partial charge in [0, 0.05) is 17.6 Å². The predicted octanol–water partition coefficient (Wildman–Crippen LogP) is 6.05. The molecule has 6 nitrogen and oxygen atoms in total. The van der Waals surface area contributed by atoms with Gasteiger partial charge in [0.25, 0.3) is 5.91 Å². The van der Waals surface area contributed by atoms with Crippen LogP contribution in [0, 0.1) is 0 Å². The monoisotopic (exact) mass is 493 g/mol. The number of carbonyl (C=O) groups is 2. The molecule has 35 heavy (non-hydrogen) atoms. The molecule has 0 saturated heterocycles. The maximum Gasteiger partial charge on any atom is 0.271 e. The van der Waals surface area contributed by atoms with Crippen molar-refractivity contribution in [1.29, 1.82) is 0 Å². The van der Waals surface area contributed by atoms with Gasteiger partial charge in [-0.05, 0) is 61.7 Å². The van der Waals surface area contributed by atoms with Crippen molar-refractivity contribution < 1.29 is 14.0 Å². The predicted molar refractivity (Wildman–Crippen MR) is 136 cm³/mol. The summed E-state index contributed by atoms with van der Waals surface area (Å²) in [5.41, 5.74) is 1.16. The molecular formula is C28H32ClN3O3. The van der Waals surface area contributed by atoms with Crippen LogP contribution in [0.5, 0.6) is 0 Å². The van der Waals surface area contributed by atoms with E-state index in [1.165, 1.54) is 19.3 Å². The first-order valence-corrected chi connectivity index (χ1v) is 12.9. The minimum absolute atomic E-state index is 0.108. The summed E-state index contributed by atoms with van der Waals surface area (Å²) in [4.78, 5) is 29.5. The van der Waals surface area contributed by atoms with Crippen LogP contribution >= 0.6 is 11.6 Å². The average molecular weight is 494 g/mol. The molecule has 1 N–H and O–H groups in total. The zero-order valence-electron chi connectivity index (χ0n) is 20.1. The lowest BCUT2D eigenvalue weighted by molar-refractivity contribution is -0.134. The first kappa shape index (κ1) is 23.7. The lowest BCUT2D eigenvalue weighted by atomic mass is 9.91. The topological polar surface area (TPSA) is 67.5 Å². The molecule has 1 unspecified atom stereocenters. The highest BCUT2D eigenvalue weighted by molar-refractivity contribution is 6.30. The summed E-state index contributed by atoms with van der Waals surface area (Å²) in [7, 11) is 0. The molecule has 3 aromatic rings. The second-order valence-corrected chi connectivity index (χ2v) is 10.4. The Kier molecular flexibility index (Phi) is 6.74. The maximum absolute atomic E-state index is 14.0. The summed E-state index contributed by atoms with van der Waals surface area (Å²) in [6.07, 6.45) is 9.52. The molecule has 1 fully saturated rings. The molecule has 0 spiro atoms. The quantitative estimate of drug-likeness (QED) is 0.470. The Morgan fingerprint density at radius 1 is 1.06 bits per heavy atom. The maximum atomic E-state index is 14.0. The van der Waals surface area contributed by atoms with E-state index in [1.54, 1.807) is 11.2 Å². The van der Waals surface area contributed by atoms with Crippen LogP contribution in [0.2, 0.25) is 5.02 Å². The Bertz CT molecular complexity index is 1190. The fraction of sp³-hybridized carbons (Fsp3) is 0.429. The molecule has 7 heteroatoms. The van der Waals surface area contributed by atoms with Gasteiger partial charge in [-0.2, -0.15) is 0 Å². The summed E-state index contributed by atoms with van der Waals surface area (Å²) in [5.74, 6) is 0.391. The van der Waals surface area contributed by atoms with Crippen molar-refractivity contribution in [1.82, 2.24) is 14.8 Å². The zero-order valence-corrected chi connectivity index (χ0v) is 20.9. The number of amides is 2. The van der Waals surface area contributed by atoms with Crippen LogP contribution in [-0.2, 0) is 17.9 Å². The molecule has 1 aliphatic carbocycles. The Morgan fingerprint density at radius 2 is 1.80 bits per heavy atom. The lowest BCUT2D eigenvalue weighted by Crippen LogP contribution is -2.64. The van der Waals surface area contributed by atoms with Crippen molar-refractivity contribution >= 4 is 23.4 Å². The zero-order chi connectivity index (χ0) is 24.4. The van der Waals surface area contributed by atoms with Gasteiger partial charge in [-0.15, -0.1) is 0 Å². The van der Waals surface area contributed by atoms with Crippen LogP contribution in [0.4, 0.5) is 0 Å². The molecule has 1 atom stereocenters. The molecule has 2 amide bonds. The van der Waals surface area contributed by atoms with E-state index in [-0.39, 0.29) is 17.9 Å². The van der Waals surface area contributed by atoms with E-state index in [0.29, 0.717) is 29.6 Å². The Morgan fingerprint density at radius 3 is 2.51 bits per heavy atom. The number of fused-ring (bicyclic) bond motifs is 1. The number of hydrogen-bond acceptors (Lipinski definition) is 3. The van der Waals surface area contributed by atoms with Crippen LogP contribution in [0.1, 0.15) is 67.9 Å². The molecule has 5 rings (SSSR count). The Labute approximate surface area is 211 Å². The van der Waals surface area contributed by atoms with E-state index in [2.05, 4.69) is 5.32 Å². The van der Waals surface area contributed by atoms with Crippen molar-refractivity contribution in [3.8, 4) is 11.5 Å². The largest absolute Gasteiger partial charge is 0.463 e. The molecule has 2 aliphatic rings. The summed E-state index contributed by atoms with van der Waals surface area (Å²) in [6, 6.07) is 15.0. The number of hydrogen-bond donors (Lipinski definition) is 1. The molecule has 1 saturated carbocycles. The number of halogens is 1. The van der Waals surface area contributed by atoms with Gasteiger partial charge in [0.1, 0.15) is 17.0 Å². The third kappa shape index (κ3) is 4.76. The van der Waals surface area contributed by atoms with Gasteiger partial charge >= 0.3 is 0 Å². The molecule has 3 heterocycles. The average Bonchev–Trinajstić information content (AvgIpc) is 3.48. The van der Waals surface area contributed by atoms with Crippen molar-refractivity contribution in [2.75, 3.05) is 0 Å². The second kappa shape index (κ2) is 9.94. The molecule has 1 aromatic carbocycles. The standard InChI is InChI=1S/C28H32ClN3O3/c1-28(27(34)30-22-11-5-3-2-4-6-12-22)19-31-23(25-13-8-16-35-25)14-15-24(31)26(33)32(28)18-20-9-7-10-21(29)17-20/h7-10,13-17,22H,2-6,11-12,18-19H2,1H3,(H,30,34). The Balaban J connectivity index is 1.50. The third-order valence-corrected chi connectivity index (χ3v) is 7.67. The van der Waals surface area contributed by atoms with Gasteiger partial charge in [-0.25, -0.2) is 0 Å². The minimum atomic E-state index is -1.07. The number of aromatic nitrogens is 1. The number of nitrogens with zero attached hydrogens (tertiary/aromatic N) is 2. The summed E-state index contributed by atoms with van der Waals surface area (Å²) < 4.78 is 7.55. The molecule has 1 aliphatic heterocycles. The van der Waals surface area contributed by atoms with Crippen LogP contribution in [0.25, 0.3) is 11.5 Å². The summed E-state index contributed by atoms with van der Waals surface area (Å²) >= 11 is 6.23. The Hall–Kier alpha value is -2.99. The molecule has 2 aromatic heterocycles. The van der Waals surface area contributed by atoms with E-state index < -0.39 is 5.54 Å². The first-order valence-electron chi connectivity index (χ1n) is 12.6. The number of furan rings is 1. The van der Waals surface area contributed by atoms with Gasteiger partial charge in [-0.3, -0.25) is 9.59 Å². The van der Waals surface area contributed by atoms with Gasteiger partial charge < -0.3 is 19.2 Å². The van der Waals surface area contributed by atoms with E-state index in [9.17, 15) is 9.59 Å². The highest BCUT2D eigenvalue weighted by atomic mass is 35.5. The SMILES string of the molecule is CC1(C(=O)NC2CCCCCCC2)Cn2c(ccc2-c2ccco2)C(=O)N1Cc1cccc(Cl)c1. The highest BCUT2D eigenvalue weighted by Gasteiger charge is 2.48. The first-order chi connectivity index (χ1) is 17.0. The lowest BCUT2D eigenvalue weighted by Gasteiger charge is -2.45. The van der Waals surface area contributed by atoms with Crippen molar-refractivity contribution in [2.45, 2.75) is 76.5 Å². The summed E-state index contributed by atoms with van der Waals surface area (Å²) in [6.45, 7) is 2.52. The van der Waals surface area contributed by atoms with E-state index in [1.807, 2.05) is 60.0 Å². The molecule has 0 radical (unpaired) electrons. The molecule has 0 bridgehead atoms. The van der Waals surface area contributed by atoms with E-state index in [0.717, 1.165) is 36.9 Å². The van der Waals surface area contributed by atoms with Gasteiger partial charge in [0.05, 0.1) is 18.5 Å². The molecule has 184 valence electrons. The number of carbonyl (C=O) groups excluding carboxylic acids is 2. The second-order valence-electron chi connectivity index (χ2n) is 9.98. The van der Waals surface area contributed by atoms with Crippen LogP contribution in [0.15, 0.2) is 59.2 Å². The minimum Gasteiger partial charge on any atom is -0.463 e. The van der Waals surface area contributed by atoms with Gasteiger partial charge in [0.15, 0.2) is 0 Å². The van der Waals surface area contributed by atoms with Crippen molar-refractivity contribution in [3.63, 3.8) is 0 Å². The van der Waals surface area contributed by atoms with Crippen LogP contribution in [0.3, 0.4) is 0 Å². The summed E-state index contributed by atoms with van der Waals surface area (Å²) in [5, 5.41) is 3.93. The fourth-order valence-corrected chi connectivity index (χ4v) is 5.63. The van der Waals surface area contributed by atoms with E-state index in [4.69, 9.17) is 16.0 Å². The highest BCUT2D eigenvalue weighted by Crippen LogP contribution is 2.35. The number of nitrogens with one attached hydrogen (secondary N) is 1. The molecular weight excluding hydrogens is 462 g/mol. The third-order valence-electron chi connectivity index (χ3n) is 7.44. The normalized spacial score (nSPS) is 21.3. The van der Waals surface area contributed by atoms with Gasteiger partial charge in [-0.1, -0.05) is 55.8 Å².